The summed E-state index contributed by atoms with van der Waals surface area (Å²) in [6, 6.07) is 4.34. The van der Waals surface area contributed by atoms with E-state index in [1.54, 1.807) is 0 Å². The van der Waals surface area contributed by atoms with E-state index < -0.39 is 23.9 Å². The fraction of sp³-hybridized carbons (Fsp3) is 0.364. The highest BCUT2D eigenvalue weighted by atomic mass is 19.4. The number of hydrogen-bond donors (Lipinski definition) is 1. The highest BCUT2D eigenvalue weighted by Crippen LogP contribution is 2.30. The molecule has 1 aromatic rings. The first-order chi connectivity index (χ1) is 8.45. The predicted molar refractivity (Wildman–Crippen MR) is 55.2 cm³/mol. The number of cyclic esters (lactones) is 1. The molecule has 0 aliphatic carbocycles. The Morgan fingerprint density at radius 1 is 1.33 bits per heavy atom. The average molecular weight is 261 g/mol. The maximum atomic E-state index is 12.3. The molecule has 0 radical (unpaired) electrons. The van der Waals surface area contributed by atoms with Crippen molar-refractivity contribution >= 4 is 6.09 Å². The fourth-order valence-electron chi connectivity index (χ4n) is 1.45. The normalized spacial score (nSPS) is 19.3. The molecule has 1 saturated heterocycles. The van der Waals surface area contributed by atoms with Gasteiger partial charge < -0.3 is 14.8 Å². The summed E-state index contributed by atoms with van der Waals surface area (Å²) in [5.41, 5.74) is -0.733. The van der Waals surface area contributed by atoms with Crippen LogP contribution in [-0.2, 0) is 10.9 Å². The van der Waals surface area contributed by atoms with Crippen molar-refractivity contribution in [1.29, 1.82) is 0 Å². The van der Waals surface area contributed by atoms with E-state index in [1.165, 1.54) is 12.1 Å². The number of ether oxygens (including phenoxy) is 2. The third kappa shape index (κ3) is 3.06. The van der Waals surface area contributed by atoms with Crippen molar-refractivity contribution in [2.75, 3.05) is 13.2 Å². The first kappa shape index (κ1) is 12.5. The summed E-state index contributed by atoms with van der Waals surface area (Å²) in [7, 11) is 0. The lowest BCUT2D eigenvalue weighted by Crippen LogP contribution is -2.21. The molecule has 0 spiro atoms. The molecule has 98 valence electrons. The number of hydrogen-bond acceptors (Lipinski definition) is 3. The maximum Gasteiger partial charge on any atom is 0.416 e. The van der Waals surface area contributed by atoms with Gasteiger partial charge in [0.15, 0.2) is 6.10 Å². The summed E-state index contributed by atoms with van der Waals surface area (Å²) in [5, 5.41) is 2.44. The summed E-state index contributed by atoms with van der Waals surface area (Å²) in [6.45, 7) is 0.434. The Morgan fingerprint density at radius 2 is 2.00 bits per heavy atom. The first-order valence-electron chi connectivity index (χ1n) is 5.20. The van der Waals surface area contributed by atoms with E-state index in [2.05, 4.69) is 5.32 Å². The zero-order valence-electron chi connectivity index (χ0n) is 9.16. The lowest BCUT2D eigenvalue weighted by Gasteiger charge is -2.11. The molecular formula is C11H10F3NO3. The summed E-state index contributed by atoms with van der Waals surface area (Å²) < 4.78 is 46.9. The van der Waals surface area contributed by atoms with Crippen LogP contribution >= 0.6 is 0 Å². The van der Waals surface area contributed by atoms with Crippen LogP contribution in [0.25, 0.3) is 0 Å². The Labute approximate surface area is 101 Å². The molecule has 1 unspecified atom stereocenters. The summed E-state index contributed by atoms with van der Waals surface area (Å²) in [6.07, 6.45) is -5.29. The van der Waals surface area contributed by atoms with Crippen molar-refractivity contribution in [1.82, 2.24) is 5.32 Å². The van der Waals surface area contributed by atoms with Gasteiger partial charge >= 0.3 is 12.3 Å². The quantitative estimate of drug-likeness (QED) is 0.907. The number of nitrogens with one attached hydrogen (secondary N) is 1. The zero-order chi connectivity index (χ0) is 13.2. The van der Waals surface area contributed by atoms with Crippen molar-refractivity contribution in [3.05, 3.63) is 29.8 Å². The minimum Gasteiger partial charge on any atom is -0.490 e. The molecule has 1 N–H and O–H groups in total. The van der Waals surface area contributed by atoms with E-state index in [9.17, 15) is 18.0 Å². The largest absolute Gasteiger partial charge is 0.490 e. The Hall–Kier alpha value is -1.92. The topological polar surface area (TPSA) is 47.6 Å². The second-order valence-corrected chi connectivity index (χ2v) is 3.74. The highest BCUT2D eigenvalue weighted by molar-refractivity contribution is 5.69. The number of halogens is 3. The Balaban J connectivity index is 1.89. The van der Waals surface area contributed by atoms with E-state index in [-0.39, 0.29) is 6.61 Å². The molecule has 1 atom stereocenters. The SMILES string of the molecule is O=C1NCC(COc2ccc(C(F)(F)F)cc2)O1. The highest BCUT2D eigenvalue weighted by Gasteiger charge is 2.30. The lowest BCUT2D eigenvalue weighted by atomic mass is 10.2. The van der Waals surface area contributed by atoms with E-state index in [0.717, 1.165) is 12.1 Å². The Kier molecular flexibility index (Phi) is 3.31. The van der Waals surface area contributed by atoms with Gasteiger partial charge in [0.2, 0.25) is 0 Å². The third-order valence-corrected chi connectivity index (χ3v) is 2.37. The number of rotatable bonds is 3. The van der Waals surface area contributed by atoms with Crippen molar-refractivity contribution in [3.63, 3.8) is 0 Å². The third-order valence-electron chi connectivity index (χ3n) is 2.37. The molecule has 0 saturated carbocycles. The zero-order valence-corrected chi connectivity index (χ0v) is 9.16. The van der Waals surface area contributed by atoms with Crippen LogP contribution in [0.1, 0.15) is 5.56 Å². The molecule has 1 amide bonds. The second-order valence-electron chi connectivity index (χ2n) is 3.74. The van der Waals surface area contributed by atoms with Crippen LogP contribution in [0.4, 0.5) is 18.0 Å². The van der Waals surface area contributed by atoms with Crippen LogP contribution in [-0.4, -0.2) is 25.3 Å². The molecular weight excluding hydrogens is 251 g/mol. The number of amides is 1. The minimum atomic E-state index is -4.36. The van der Waals surface area contributed by atoms with Crippen LogP contribution in [0, 0.1) is 0 Å². The van der Waals surface area contributed by atoms with Gasteiger partial charge in [-0.25, -0.2) is 4.79 Å². The van der Waals surface area contributed by atoms with E-state index in [4.69, 9.17) is 9.47 Å². The molecule has 2 rings (SSSR count). The second kappa shape index (κ2) is 4.75. The van der Waals surface area contributed by atoms with Gasteiger partial charge in [0.1, 0.15) is 12.4 Å². The number of carbonyl (C=O) groups excluding carboxylic acids is 1. The smallest absolute Gasteiger partial charge is 0.416 e. The minimum absolute atomic E-state index is 0.101. The molecule has 1 fully saturated rings. The number of benzene rings is 1. The monoisotopic (exact) mass is 261 g/mol. The van der Waals surface area contributed by atoms with Crippen molar-refractivity contribution in [2.24, 2.45) is 0 Å². The lowest BCUT2D eigenvalue weighted by molar-refractivity contribution is -0.137. The molecule has 0 bridgehead atoms. The molecule has 1 aromatic carbocycles. The first-order valence-corrected chi connectivity index (χ1v) is 5.20. The van der Waals surface area contributed by atoms with Gasteiger partial charge in [-0.1, -0.05) is 0 Å². The number of alkyl halides is 3. The van der Waals surface area contributed by atoms with Gasteiger partial charge in [-0.05, 0) is 24.3 Å². The fourth-order valence-corrected chi connectivity index (χ4v) is 1.45. The van der Waals surface area contributed by atoms with Crippen molar-refractivity contribution in [3.8, 4) is 5.75 Å². The van der Waals surface area contributed by atoms with Crippen LogP contribution in [0.15, 0.2) is 24.3 Å². The predicted octanol–water partition coefficient (Wildman–Crippen LogP) is 2.19. The summed E-state index contributed by atoms with van der Waals surface area (Å²) >= 11 is 0. The molecule has 4 nitrogen and oxygen atoms in total. The molecule has 18 heavy (non-hydrogen) atoms. The van der Waals surface area contributed by atoms with Crippen LogP contribution < -0.4 is 10.1 Å². The maximum absolute atomic E-state index is 12.3. The van der Waals surface area contributed by atoms with Gasteiger partial charge in [0.05, 0.1) is 12.1 Å². The van der Waals surface area contributed by atoms with Gasteiger partial charge in [0, 0.05) is 0 Å². The summed E-state index contributed by atoms with van der Waals surface area (Å²) in [4.78, 5) is 10.7. The standard InChI is InChI=1S/C11H10F3NO3/c12-11(13,14)7-1-3-8(4-2-7)17-6-9-5-15-10(16)18-9/h1-4,9H,5-6H2,(H,15,16). The van der Waals surface area contributed by atoms with Gasteiger partial charge in [-0.2, -0.15) is 13.2 Å². The van der Waals surface area contributed by atoms with Gasteiger partial charge in [-0.15, -0.1) is 0 Å². The molecule has 1 aliphatic heterocycles. The average Bonchev–Trinajstić information content (AvgIpc) is 2.72. The van der Waals surface area contributed by atoms with E-state index >= 15 is 0 Å². The van der Waals surface area contributed by atoms with Crippen LogP contribution in [0.2, 0.25) is 0 Å². The van der Waals surface area contributed by atoms with Crippen LogP contribution in [0.3, 0.4) is 0 Å². The van der Waals surface area contributed by atoms with E-state index in [1.807, 2.05) is 0 Å². The molecule has 7 heteroatoms. The van der Waals surface area contributed by atoms with Crippen LogP contribution in [0.5, 0.6) is 5.75 Å². The Morgan fingerprint density at radius 3 is 2.50 bits per heavy atom. The molecule has 0 aromatic heterocycles. The van der Waals surface area contributed by atoms with Gasteiger partial charge in [0.25, 0.3) is 0 Å². The summed E-state index contributed by atoms with van der Waals surface area (Å²) in [5.74, 6) is 0.297. The Bertz CT molecular complexity index is 430. The van der Waals surface area contributed by atoms with E-state index in [0.29, 0.717) is 12.3 Å². The number of carbonyl (C=O) groups is 1. The number of alkyl carbamates (subject to hydrolysis) is 1. The van der Waals surface area contributed by atoms with Crippen molar-refractivity contribution < 1.29 is 27.4 Å². The van der Waals surface area contributed by atoms with Crippen molar-refractivity contribution in [2.45, 2.75) is 12.3 Å². The molecule has 1 heterocycles. The van der Waals surface area contributed by atoms with Gasteiger partial charge in [-0.3, -0.25) is 0 Å². The molecule has 1 aliphatic rings.